The molecule has 21 heavy (non-hydrogen) atoms. The summed E-state index contributed by atoms with van der Waals surface area (Å²) in [5.41, 5.74) is 2.29. The van der Waals surface area contributed by atoms with Crippen molar-refractivity contribution in [3.8, 4) is 11.4 Å². The molecule has 1 aromatic heterocycles. The van der Waals surface area contributed by atoms with Gasteiger partial charge in [0.15, 0.2) is 5.82 Å². The molecule has 3 aromatic rings. The molecule has 0 bridgehead atoms. The minimum Gasteiger partial charge on any atom is -0.258 e. The highest BCUT2D eigenvalue weighted by Gasteiger charge is 2.13. The minimum atomic E-state index is 0.314. The van der Waals surface area contributed by atoms with E-state index in [1.165, 1.54) is 5.56 Å². The normalized spacial score (nSPS) is 12.3. The summed E-state index contributed by atoms with van der Waals surface area (Å²) in [6.07, 6.45) is 0. The fourth-order valence-electron chi connectivity index (χ4n) is 2.02. The number of hydrogen-bond acceptors (Lipinski definition) is 3. The van der Waals surface area contributed by atoms with E-state index in [0.29, 0.717) is 5.25 Å². The smallest absolute Gasteiger partial charge is 0.209 e. The Morgan fingerprint density at radius 1 is 1.05 bits per heavy atom. The third-order valence-corrected chi connectivity index (χ3v) is 4.86. The van der Waals surface area contributed by atoms with Gasteiger partial charge in [0.05, 0.1) is 0 Å². The van der Waals surface area contributed by atoms with Gasteiger partial charge in [0, 0.05) is 15.3 Å². The largest absolute Gasteiger partial charge is 0.258 e. The van der Waals surface area contributed by atoms with Gasteiger partial charge in [-0.2, -0.15) is 0 Å². The van der Waals surface area contributed by atoms with Gasteiger partial charge < -0.3 is 0 Å². The number of aromatic nitrogens is 3. The first kappa shape index (κ1) is 14.4. The number of aromatic amines is 1. The van der Waals surface area contributed by atoms with Crippen molar-refractivity contribution >= 4 is 27.7 Å². The van der Waals surface area contributed by atoms with Crippen LogP contribution in [0.4, 0.5) is 0 Å². The monoisotopic (exact) mass is 359 g/mol. The molecule has 1 N–H and O–H groups in total. The molecule has 1 unspecified atom stereocenters. The summed E-state index contributed by atoms with van der Waals surface area (Å²) >= 11 is 5.18. The van der Waals surface area contributed by atoms with E-state index in [9.17, 15) is 0 Å². The Kier molecular flexibility index (Phi) is 4.41. The van der Waals surface area contributed by atoms with Crippen LogP contribution in [0.5, 0.6) is 0 Å². The second kappa shape index (κ2) is 6.45. The molecule has 0 aliphatic heterocycles. The maximum absolute atomic E-state index is 4.57. The Morgan fingerprint density at radius 2 is 1.76 bits per heavy atom. The number of H-pyrrole nitrogens is 1. The maximum atomic E-state index is 4.57. The van der Waals surface area contributed by atoms with Crippen LogP contribution in [0, 0.1) is 0 Å². The van der Waals surface area contributed by atoms with E-state index in [4.69, 9.17) is 0 Å². The van der Waals surface area contributed by atoms with Crippen LogP contribution >= 0.6 is 27.7 Å². The Bertz CT molecular complexity index is 727. The topological polar surface area (TPSA) is 41.6 Å². The molecule has 0 spiro atoms. The van der Waals surface area contributed by atoms with Gasteiger partial charge in [-0.25, -0.2) is 4.98 Å². The zero-order valence-electron chi connectivity index (χ0n) is 11.5. The molecule has 0 aliphatic rings. The minimum absolute atomic E-state index is 0.314. The standard InChI is InChI=1S/C16H14BrN3S/c1-11(12-7-3-2-4-8-12)21-16-18-15(19-20-16)13-9-5-6-10-14(13)17/h2-11H,1H3,(H,18,19,20). The van der Waals surface area contributed by atoms with Crippen LogP contribution in [0.15, 0.2) is 64.2 Å². The van der Waals surface area contributed by atoms with Crippen molar-refractivity contribution in [3.05, 3.63) is 64.6 Å². The first-order valence-electron chi connectivity index (χ1n) is 6.63. The molecule has 0 saturated heterocycles. The van der Waals surface area contributed by atoms with E-state index >= 15 is 0 Å². The van der Waals surface area contributed by atoms with Gasteiger partial charge in [-0.3, -0.25) is 5.10 Å². The number of hydrogen-bond donors (Lipinski definition) is 1. The Hall–Kier alpha value is -1.59. The van der Waals surface area contributed by atoms with E-state index < -0.39 is 0 Å². The van der Waals surface area contributed by atoms with E-state index in [1.807, 2.05) is 30.3 Å². The van der Waals surface area contributed by atoms with Gasteiger partial charge in [0.25, 0.3) is 0 Å². The van der Waals surface area contributed by atoms with Crippen LogP contribution in [-0.2, 0) is 0 Å². The molecule has 0 amide bonds. The summed E-state index contributed by atoms with van der Waals surface area (Å²) in [4.78, 5) is 4.57. The van der Waals surface area contributed by atoms with E-state index in [-0.39, 0.29) is 0 Å². The Labute approximate surface area is 136 Å². The molecule has 3 rings (SSSR count). The molecule has 3 nitrogen and oxygen atoms in total. The summed E-state index contributed by atoms with van der Waals surface area (Å²) in [5, 5.41) is 8.39. The Balaban J connectivity index is 1.78. The molecule has 0 radical (unpaired) electrons. The second-order valence-electron chi connectivity index (χ2n) is 4.62. The molecule has 1 heterocycles. The average molecular weight is 360 g/mol. The molecule has 106 valence electrons. The fraction of sp³-hybridized carbons (Fsp3) is 0.125. The van der Waals surface area contributed by atoms with Gasteiger partial charge >= 0.3 is 0 Å². The van der Waals surface area contributed by atoms with Gasteiger partial charge in [-0.05, 0) is 18.6 Å². The number of thioether (sulfide) groups is 1. The highest BCUT2D eigenvalue weighted by molar-refractivity contribution is 9.10. The van der Waals surface area contributed by atoms with Crippen LogP contribution < -0.4 is 0 Å². The van der Waals surface area contributed by atoms with Gasteiger partial charge in [0.1, 0.15) is 0 Å². The van der Waals surface area contributed by atoms with Crippen LogP contribution in [0.25, 0.3) is 11.4 Å². The first-order chi connectivity index (χ1) is 10.2. The molecular formula is C16H14BrN3S. The number of nitrogens with zero attached hydrogens (tertiary/aromatic N) is 2. The van der Waals surface area contributed by atoms with Crippen molar-refractivity contribution in [3.63, 3.8) is 0 Å². The average Bonchev–Trinajstić information content (AvgIpc) is 2.97. The van der Waals surface area contributed by atoms with Crippen molar-refractivity contribution in [2.75, 3.05) is 0 Å². The predicted molar refractivity (Wildman–Crippen MR) is 90.2 cm³/mol. The SMILES string of the molecule is CC(Sc1n[nH]c(-c2ccccc2Br)n1)c1ccccc1. The van der Waals surface area contributed by atoms with Crippen molar-refractivity contribution < 1.29 is 0 Å². The fourth-order valence-corrected chi connectivity index (χ4v) is 3.35. The molecule has 0 saturated carbocycles. The summed E-state index contributed by atoms with van der Waals surface area (Å²) in [7, 11) is 0. The van der Waals surface area contributed by atoms with Gasteiger partial charge in [-0.15, -0.1) is 5.10 Å². The molecule has 0 aliphatic carbocycles. The zero-order chi connectivity index (χ0) is 14.7. The third-order valence-electron chi connectivity index (χ3n) is 3.15. The summed E-state index contributed by atoms with van der Waals surface area (Å²) < 4.78 is 1.01. The lowest BCUT2D eigenvalue weighted by Crippen LogP contribution is -1.88. The van der Waals surface area contributed by atoms with Crippen LogP contribution in [0.1, 0.15) is 17.7 Å². The summed E-state index contributed by atoms with van der Waals surface area (Å²) in [5.74, 6) is 0.783. The van der Waals surface area contributed by atoms with Crippen molar-refractivity contribution in [2.45, 2.75) is 17.3 Å². The van der Waals surface area contributed by atoms with Gasteiger partial charge in [-0.1, -0.05) is 76.2 Å². The third kappa shape index (κ3) is 3.36. The lowest BCUT2D eigenvalue weighted by Gasteiger charge is -2.08. The van der Waals surface area contributed by atoms with Crippen molar-refractivity contribution in [2.24, 2.45) is 0 Å². The lowest BCUT2D eigenvalue weighted by molar-refractivity contribution is 0.960. The van der Waals surface area contributed by atoms with E-state index in [1.54, 1.807) is 11.8 Å². The summed E-state index contributed by atoms with van der Waals surface area (Å²) in [6.45, 7) is 2.16. The molecular weight excluding hydrogens is 346 g/mol. The first-order valence-corrected chi connectivity index (χ1v) is 8.30. The number of nitrogens with one attached hydrogen (secondary N) is 1. The number of benzene rings is 2. The quantitative estimate of drug-likeness (QED) is 0.659. The van der Waals surface area contributed by atoms with Crippen LogP contribution in [0.2, 0.25) is 0 Å². The second-order valence-corrected chi connectivity index (χ2v) is 6.78. The predicted octanol–water partition coefficient (Wildman–Crippen LogP) is 5.09. The zero-order valence-corrected chi connectivity index (χ0v) is 13.9. The molecule has 1 atom stereocenters. The van der Waals surface area contributed by atoms with E-state index in [2.05, 4.69) is 62.3 Å². The molecule has 2 aromatic carbocycles. The maximum Gasteiger partial charge on any atom is 0.209 e. The summed E-state index contributed by atoms with van der Waals surface area (Å²) in [6, 6.07) is 18.4. The molecule has 5 heteroatoms. The highest BCUT2D eigenvalue weighted by Crippen LogP contribution is 2.34. The van der Waals surface area contributed by atoms with Crippen LogP contribution in [-0.4, -0.2) is 15.2 Å². The van der Waals surface area contributed by atoms with E-state index in [0.717, 1.165) is 21.0 Å². The van der Waals surface area contributed by atoms with Crippen molar-refractivity contribution in [1.82, 2.24) is 15.2 Å². The molecule has 0 fully saturated rings. The lowest BCUT2D eigenvalue weighted by atomic mass is 10.2. The Morgan fingerprint density at radius 3 is 2.52 bits per heavy atom. The number of rotatable bonds is 4. The number of halogens is 1. The van der Waals surface area contributed by atoms with Gasteiger partial charge in [0.2, 0.25) is 5.16 Å². The van der Waals surface area contributed by atoms with Crippen LogP contribution in [0.3, 0.4) is 0 Å². The highest BCUT2D eigenvalue weighted by atomic mass is 79.9. The van der Waals surface area contributed by atoms with Crippen molar-refractivity contribution in [1.29, 1.82) is 0 Å².